The van der Waals surface area contributed by atoms with Crippen molar-refractivity contribution in [2.24, 2.45) is 5.92 Å². The number of rotatable bonds is 6. The van der Waals surface area contributed by atoms with Gasteiger partial charge in [0.15, 0.2) is 0 Å². The first-order chi connectivity index (χ1) is 8.68. The number of hydrogen-bond acceptors (Lipinski definition) is 2. The number of nitrogens with one attached hydrogen (secondary N) is 1. The van der Waals surface area contributed by atoms with E-state index in [1.807, 2.05) is 0 Å². The summed E-state index contributed by atoms with van der Waals surface area (Å²) in [5, 5.41) is 3.55. The minimum Gasteiger partial charge on any atom is -0.383 e. The fourth-order valence-corrected chi connectivity index (χ4v) is 3.40. The van der Waals surface area contributed by atoms with Gasteiger partial charge in [0.05, 0.1) is 6.61 Å². The predicted molar refractivity (Wildman–Crippen MR) is 76.0 cm³/mol. The third-order valence-electron chi connectivity index (χ3n) is 4.14. The third kappa shape index (κ3) is 2.76. The van der Waals surface area contributed by atoms with Gasteiger partial charge in [-0.3, -0.25) is 0 Å². The van der Waals surface area contributed by atoms with Crippen LogP contribution in [0.4, 0.5) is 0 Å². The lowest BCUT2D eigenvalue weighted by Crippen LogP contribution is -2.48. The Balaban J connectivity index is 2.06. The maximum atomic E-state index is 5.10. The van der Waals surface area contributed by atoms with Gasteiger partial charge in [-0.2, -0.15) is 0 Å². The summed E-state index contributed by atoms with van der Waals surface area (Å²) in [5.41, 5.74) is 3.32. The van der Waals surface area contributed by atoms with Gasteiger partial charge in [0.2, 0.25) is 0 Å². The van der Waals surface area contributed by atoms with Gasteiger partial charge in [0.1, 0.15) is 0 Å². The zero-order valence-electron chi connectivity index (χ0n) is 11.8. The third-order valence-corrected chi connectivity index (χ3v) is 4.14. The van der Waals surface area contributed by atoms with E-state index in [0.29, 0.717) is 5.41 Å². The number of ether oxygens (including phenoxy) is 1. The molecule has 1 aliphatic carbocycles. The smallest absolute Gasteiger partial charge is 0.0587 e. The van der Waals surface area contributed by atoms with Crippen molar-refractivity contribution in [2.75, 3.05) is 26.8 Å². The van der Waals surface area contributed by atoms with Gasteiger partial charge in [-0.15, -0.1) is 0 Å². The number of aryl methyl sites for hydroxylation is 1. The SMILES string of the molecule is COCCNCC1(c2ccccc2C)CC(C)C1. The molecule has 0 atom stereocenters. The van der Waals surface area contributed by atoms with Gasteiger partial charge in [0, 0.05) is 25.6 Å². The van der Waals surface area contributed by atoms with Crippen LogP contribution in [0.15, 0.2) is 24.3 Å². The standard InChI is InChI=1S/C16H25NO/c1-13-10-16(11-13,12-17-8-9-18-3)15-7-5-4-6-14(15)2/h4-7,13,17H,8-12H2,1-3H3. The molecule has 0 bridgehead atoms. The van der Waals surface area contributed by atoms with Crippen LogP contribution in [0.25, 0.3) is 0 Å². The second kappa shape index (κ2) is 5.85. The van der Waals surface area contributed by atoms with Crippen molar-refractivity contribution in [3.8, 4) is 0 Å². The van der Waals surface area contributed by atoms with E-state index >= 15 is 0 Å². The van der Waals surface area contributed by atoms with Crippen LogP contribution in [-0.2, 0) is 10.2 Å². The first-order valence-corrected chi connectivity index (χ1v) is 6.94. The molecule has 1 saturated carbocycles. The molecule has 100 valence electrons. The molecule has 0 aromatic heterocycles. The maximum Gasteiger partial charge on any atom is 0.0587 e. The van der Waals surface area contributed by atoms with Crippen molar-refractivity contribution in [1.29, 1.82) is 0 Å². The lowest BCUT2D eigenvalue weighted by molar-refractivity contribution is 0.143. The highest BCUT2D eigenvalue weighted by Gasteiger charge is 2.43. The van der Waals surface area contributed by atoms with Crippen LogP contribution in [-0.4, -0.2) is 26.8 Å². The van der Waals surface area contributed by atoms with E-state index in [0.717, 1.165) is 25.6 Å². The molecule has 2 rings (SSSR count). The molecule has 1 aliphatic rings. The minimum atomic E-state index is 0.360. The molecule has 1 N–H and O–H groups in total. The second-order valence-electron chi connectivity index (χ2n) is 5.78. The summed E-state index contributed by atoms with van der Waals surface area (Å²) in [6.07, 6.45) is 2.61. The number of methoxy groups -OCH3 is 1. The van der Waals surface area contributed by atoms with Gasteiger partial charge in [-0.05, 0) is 36.8 Å². The van der Waals surface area contributed by atoms with E-state index in [1.165, 1.54) is 24.0 Å². The zero-order chi connectivity index (χ0) is 13.0. The molecule has 18 heavy (non-hydrogen) atoms. The Hall–Kier alpha value is -0.860. The summed E-state index contributed by atoms with van der Waals surface area (Å²) in [7, 11) is 1.75. The van der Waals surface area contributed by atoms with Gasteiger partial charge < -0.3 is 10.1 Å². The summed E-state index contributed by atoms with van der Waals surface area (Å²) < 4.78 is 5.10. The Bertz CT molecular complexity index is 382. The highest BCUT2D eigenvalue weighted by atomic mass is 16.5. The van der Waals surface area contributed by atoms with Crippen LogP contribution in [0.5, 0.6) is 0 Å². The van der Waals surface area contributed by atoms with Gasteiger partial charge >= 0.3 is 0 Å². The Labute approximate surface area is 111 Å². The van der Waals surface area contributed by atoms with Crippen LogP contribution in [0.1, 0.15) is 30.9 Å². The topological polar surface area (TPSA) is 21.3 Å². The van der Waals surface area contributed by atoms with Gasteiger partial charge in [-0.1, -0.05) is 31.2 Å². The molecule has 2 nitrogen and oxygen atoms in total. The monoisotopic (exact) mass is 247 g/mol. The maximum absolute atomic E-state index is 5.10. The Morgan fingerprint density at radius 2 is 2.06 bits per heavy atom. The van der Waals surface area contributed by atoms with E-state index in [4.69, 9.17) is 4.74 Å². The first kappa shape index (κ1) is 13.6. The van der Waals surface area contributed by atoms with Crippen molar-refractivity contribution in [3.63, 3.8) is 0 Å². The van der Waals surface area contributed by atoms with Crippen LogP contribution in [0.2, 0.25) is 0 Å². The van der Waals surface area contributed by atoms with Crippen molar-refractivity contribution >= 4 is 0 Å². The van der Waals surface area contributed by atoms with E-state index < -0.39 is 0 Å². The Kier molecular flexibility index (Phi) is 4.41. The van der Waals surface area contributed by atoms with Gasteiger partial charge in [-0.25, -0.2) is 0 Å². The average Bonchev–Trinajstić information content (AvgIpc) is 2.32. The molecule has 0 heterocycles. The zero-order valence-corrected chi connectivity index (χ0v) is 11.8. The fraction of sp³-hybridized carbons (Fsp3) is 0.625. The number of benzene rings is 1. The van der Waals surface area contributed by atoms with Crippen LogP contribution < -0.4 is 5.32 Å². The van der Waals surface area contributed by atoms with Crippen molar-refractivity contribution in [3.05, 3.63) is 35.4 Å². The fourth-order valence-electron chi connectivity index (χ4n) is 3.40. The summed E-state index contributed by atoms with van der Waals surface area (Å²) in [6.45, 7) is 7.39. The van der Waals surface area contributed by atoms with Crippen molar-refractivity contribution in [2.45, 2.75) is 32.1 Å². The second-order valence-corrected chi connectivity index (χ2v) is 5.78. The minimum absolute atomic E-state index is 0.360. The van der Waals surface area contributed by atoms with Crippen molar-refractivity contribution in [1.82, 2.24) is 5.32 Å². The molecule has 0 radical (unpaired) electrons. The predicted octanol–water partition coefficient (Wildman–Crippen LogP) is 2.90. The molecule has 0 amide bonds. The summed E-state index contributed by atoms with van der Waals surface area (Å²) in [6, 6.07) is 8.84. The molecule has 0 aliphatic heterocycles. The van der Waals surface area contributed by atoms with Crippen LogP contribution in [0.3, 0.4) is 0 Å². The van der Waals surface area contributed by atoms with Crippen molar-refractivity contribution < 1.29 is 4.74 Å². The highest BCUT2D eigenvalue weighted by molar-refractivity contribution is 5.36. The quantitative estimate of drug-likeness (QED) is 0.780. The van der Waals surface area contributed by atoms with E-state index in [1.54, 1.807) is 7.11 Å². The van der Waals surface area contributed by atoms with E-state index in [2.05, 4.69) is 43.4 Å². The molecule has 0 saturated heterocycles. The van der Waals surface area contributed by atoms with Crippen LogP contribution in [0, 0.1) is 12.8 Å². The largest absolute Gasteiger partial charge is 0.383 e. The molecule has 0 spiro atoms. The highest BCUT2D eigenvalue weighted by Crippen LogP contribution is 2.48. The molecule has 2 heteroatoms. The molecular formula is C16H25NO. The lowest BCUT2D eigenvalue weighted by atomic mass is 9.58. The molecule has 1 aromatic rings. The summed E-state index contributed by atoms with van der Waals surface area (Å²) in [4.78, 5) is 0. The average molecular weight is 247 g/mol. The first-order valence-electron chi connectivity index (χ1n) is 6.94. The Morgan fingerprint density at radius 3 is 2.67 bits per heavy atom. The van der Waals surface area contributed by atoms with Gasteiger partial charge in [0.25, 0.3) is 0 Å². The lowest BCUT2D eigenvalue weighted by Gasteiger charge is -2.48. The number of hydrogen-bond donors (Lipinski definition) is 1. The van der Waals surface area contributed by atoms with Crippen LogP contribution >= 0.6 is 0 Å². The summed E-state index contributed by atoms with van der Waals surface area (Å²) in [5.74, 6) is 0.855. The summed E-state index contributed by atoms with van der Waals surface area (Å²) >= 11 is 0. The van der Waals surface area contributed by atoms with E-state index in [9.17, 15) is 0 Å². The Morgan fingerprint density at radius 1 is 1.33 bits per heavy atom. The molecule has 1 aromatic carbocycles. The normalized spacial score (nSPS) is 26.9. The molecule has 0 unspecified atom stereocenters. The molecular weight excluding hydrogens is 222 g/mol. The van der Waals surface area contributed by atoms with E-state index in [-0.39, 0.29) is 0 Å². The molecule has 1 fully saturated rings.